The van der Waals surface area contributed by atoms with Gasteiger partial charge < -0.3 is 30.1 Å². The van der Waals surface area contributed by atoms with E-state index in [-0.39, 0.29) is 63.3 Å². The third kappa shape index (κ3) is 11.8. The zero-order chi connectivity index (χ0) is 52.1. The van der Waals surface area contributed by atoms with E-state index in [1.54, 1.807) is 53.2 Å². The van der Waals surface area contributed by atoms with Crippen LogP contribution in [0.1, 0.15) is 76.3 Å². The van der Waals surface area contributed by atoms with Gasteiger partial charge in [0.25, 0.3) is 5.91 Å². The van der Waals surface area contributed by atoms with Crippen LogP contribution in [-0.2, 0) is 36.6 Å². The first-order valence-corrected chi connectivity index (χ1v) is 24.2. The second kappa shape index (κ2) is 21.7. The lowest BCUT2D eigenvalue weighted by Crippen LogP contribution is -2.57. The molecular formula is C53H56F3N7O8S. The molecule has 5 aromatic rings. The summed E-state index contributed by atoms with van der Waals surface area (Å²) in [6, 6.07) is 23.4. The second-order valence-corrected chi connectivity index (χ2v) is 20.1. The maximum atomic E-state index is 14.0. The van der Waals surface area contributed by atoms with Crippen LogP contribution in [0.5, 0.6) is 5.75 Å². The van der Waals surface area contributed by atoms with Gasteiger partial charge in [-0.2, -0.15) is 18.4 Å². The number of aromatic nitrogens is 1. The molecule has 0 bridgehead atoms. The van der Waals surface area contributed by atoms with Crippen molar-refractivity contribution < 1.29 is 51.7 Å². The number of aliphatic hydroxyl groups is 1. The minimum Gasteiger partial charge on any atom is -0.491 e. The van der Waals surface area contributed by atoms with Crippen LogP contribution in [-0.4, -0.2) is 94.7 Å². The van der Waals surface area contributed by atoms with Crippen molar-refractivity contribution in [2.24, 2.45) is 5.41 Å². The molecule has 3 atom stereocenters. The normalized spacial score (nSPS) is 17.2. The van der Waals surface area contributed by atoms with E-state index in [0.29, 0.717) is 28.8 Å². The fourth-order valence-corrected chi connectivity index (χ4v) is 9.49. The Balaban J connectivity index is 0.841. The zero-order valence-corrected chi connectivity index (χ0v) is 41.5. The lowest BCUT2D eigenvalue weighted by Gasteiger charge is -2.35. The highest BCUT2D eigenvalue weighted by atomic mass is 32.1. The van der Waals surface area contributed by atoms with Crippen LogP contribution >= 0.6 is 11.3 Å². The first-order valence-electron chi connectivity index (χ1n) is 23.3. The molecule has 0 spiro atoms. The molecule has 0 unspecified atom stereocenters. The predicted octanol–water partition coefficient (Wildman–Crippen LogP) is 8.41. The molecule has 2 saturated heterocycles. The van der Waals surface area contributed by atoms with Gasteiger partial charge in [0.2, 0.25) is 17.7 Å². The third-order valence-corrected chi connectivity index (χ3v) is 13.5. The molecule has 15 nitrogen and oxygen atoms in total. The summed E-state index contributed by atoms with van der Waals surface area (Å²) < 4.78 is 52.7. The van der Waals surface area contributed by atoms with Gasteiger partial charge in [0.05, 0.1) is 51.7 Å². The molecule has 0 radical (unpaired) electrons. The van der Waals surface area contributed by atoms with Crippen LogP contribution in [0.3, 0.4) is 0 Å². The summed E-state index contributed by atoms with van der Waals surface area (Å²) in [5, 5.41) is 25.6. The number of carbonyl (C=O) groups is 5. The third-order valence-electron chi connectivity index (χ3n) is 12.6. The molecule has 3 heterocycles. The largest absolute Gasteiger partial charge is 0.491 e. The predicted molar refractivity (Wildman–Crippen MR) is 265 cm³/mol. The second-order valence-electron chi connectivity index (χ2n) is 19.2. The summed E-state index contributed by atoms with van der Waals surface area (Å²) >= 11 is 1.56. The molecule has 2 aliphatic rings. The summed E-state index contributed by atoms with van der Waals surface area (Å²) in [7, 11) is 0. The molecule has 4 aromatic carbocycles. The number of hydrogen-bond acceptors (Lipinski definition) is 11. The van der Waals surface area contributed by atoms with Crippen LogP contribution in [0, 0.1) is 23.7 Å². The van der Waals surface area contributed by atoms with Gasteiger partial charge in [0.15, 0.2) is 0 Å². The number of nitrogens with zero attached hydrogens (tertiary/aromatic N) is 5. The molecule has 0 saturated carbocycles. The van der Waals surface area contributed by atoms with Crippen LogP contribution < -0.4 is 25.2 Å². The Bertz CT molecular complexity index is 2840. The van der Waals surface area contributed by atoms with Crippen LogP contribution in [0.25, 0.3) is 21.6 Å². The van der Waals surface area contributed by atoms with E-state index in [2.05, 4.69) is 15.6 Å². The number of nitrogens with one attached hydrogen (secondary N) is 2. The Kier molecular flexibility index (Phi) is 15.9. The number of benzene rings is 4. The monoisotopic (exact) mass is 1010 g/mol. The van der Waals surface area contributed by atoms with E-state index >= 15 is 0 Å². The molecule has 2 fully saturated rings. The highest BCUT2D eigenvalue weighted by Gasteiger charge is 2.53. The molecule has 72 heavy (non-hydrogen) atoms. The van der Waals surface area contributed by atoms with E-state index in [1.165, 1.54) is 29.7 Å². The van der Waals surface area contributed by atoms with Gasteiger partial charge in [0, 0.05) is 38.2 Å². The fourth-order valence-electron chi connectivity index (χ4n) is 8.67. The topological polar surface area (TPSA) is 194 Å². The van der Waals surface area contributed by atoms with Gasteiger partial charge in [-0.25, -0.2) is 14.7 Å². The van der Waals surface area contributed by atoms with Crippen molar-refractivity contribution in [3.63, 3.8) is 0 Å². The van der Waals surface area contributed by atoms with Crippen LogP contribution in [0.2, 0.25) is 0 Å². The average Bonchev–Trinajstić information content (AvgIpc) is 4.01. The smallest absolute Gasteiger partial charge is 0.417 e. The Morgan fingerprint density at radius 3 is 2.17 bits per heavy atom. The number of likely N-dealkylation sites (tertiary alicyclic amines) is 1. The lowest BCUT2D eigenvalue weighted by atomic mass is 9.85. The van der Waals surface area contributed by atoms with Crippen molar-refractivity contribution in [3.8, 4) is 33.4 Å². The van der Waals surface area contributed by atoms with Gasteiger partial charge in [-0.15, -0.1) is 11.3 Å². The fraction of sp³-hybridized carbons (Fsp3) is 0.377. The number of halogens is 3. The summed E-state index contributed by atoms with van der Waals surface area (Å²) in [4.78, 5) is 76.4. The summed E-state index contributed by atoms with van der Waals surface area (Å²) in [5.41, 5.74) is 2.30. The van der Waals surface area contributed by atoms with Crippen molar-refractivity contribution in [3.05, 3.63) is 119 Å². The number of ether oxygens (including phenoxy) is 2. The highest BCUT2D eigenvalue weighted by Crippen LogP contribution is 2.40. The van der Waals surface area contributed by atoms with Crippen molar-refractivity contribution in [2.45, 2.75) is 97.3 Å². The molecule has 3 N–H and O–H groups in total. The SMILES string of the molecule is Cc1ncsc1-c1ccc(CNC(=O)[C@@H]2C[C@@H](O)CN2C(=O)[C@@H](NC(=O)CCCOCCOc2ccc(-c3ccc(N4C(=O)N(c5ccc(C#N)c(C(F)(F)F)c5)C(=O)C4(C)C)cc3)cc2)C(C)(C)C)cc1. The maximum Gasteiger partial charge on any atom is 0.417 e. The number of carbonyl (C=O) groups excluding carboxylic acids is 5. The van der Waals surface area contributed by atoms with Crippen LogP contribution in [0.15, 0.2) is 96.5 Å². The van der Waals surface area contributed by atoms with E-state index in [1.807, 2.05) is 64.1 Å². The minimum absolute atomic E-state index is 0.0301. The van der Waals surface area contributed by atoms with Crippen LogP contribution in [0.4, 0.5) is 29.3 Å². The first-order chi connectivity index (χ1) is 34.1. The number of hydrogen-bond donors (Lipinski definition) is 3. The number of β-amino-alcohol motifs (C(OH)–C–C–N with tert-alkyl or cyclic N) is 1. The van der Waals surface area contributed by atoms with E-state index in [4.69, 9.17) is 9.47 Å². The Morgan fingerprint density at radius 1 is 0.917 bits per heavy atom. The number of anilines is 2. The van der Waals surface area contributed by atoms with Crippen molar-refractivity contribution >= 4 is 52.4 Å². The number of aliphatic hydroxyl groups excluding tert-OH is 1. The molecule has 0 aliphatic carbocycles. The molecule has 6 amide bonds. The molecular weight excluding hydrogens is 952 g/mol. The van der Waals surface area contributed by atoms with Gasteiger partial charge >= 0.3 is 12.2 Å². The number of rotatable bonds is 17. The molecule has 7 rings (SSSR count). The van der Waals surface area contributed by atoms with E-state index in [0.717, 1.165) is 45.0 Å². The van der Waals surface area contributed by atoms with E-state index in [9.17, 15) is 47.5 Å². The molecule has 378 valence electrons. The molecule has 1 aromatic heterocycles. The number of nitriles is 1. The van der Waals surface area contributed by atoms with Crippen molar-refractivity contribution in [2.75, 3.05) is 36.2 Å². The van der Waals surface area contributed by atoms with Gasteiger partial charge in [0.1, 0.15) is 30.0 Å². The number of alkyl halides is 3. The Hall–Kier alpha value is -7.14. The first kappa shape index (κ1) is 52.7. The number of amides is 6. The van der Waals surface area contributed by atoms with Crippen molar-refractivity contribution in [1.29, 1.82) is 5.26 Å². The van der Waals surface area contributed by atoms with Gasteiger partial charge in [-0.05, 0) is 97.3 Å². The van der Waals surface area contributed by atoms with Gasteiger partial charge in [-0.3, -0.25) is 24.1 Å². The number of aryl methyl sites for hydroxylation is 1. The standard InChI is InChI=1S/C53H56F3N7O8S/c1-32-45(72-31-59-32)36-11-9-33(10-12-36)29-58-47(66)43-27-40(64)30-61(43)48(67)46(51(2,3)4)60-44(65)8-7-23-70-24-25-71-41-21-16-35(17-22-41)34-13-18-38(19-14-34)63-50(69)62(49(68)52(63,5)6)39-20-15-37(28-57)42(26-39)53(54,55)56/h9-22,26,31,40,43,46,64H,7-8,23-25,27,29-30H2,1-6H3,(H,58,66)(H,60,65)/t40-,43+,46-/m1/s1. The van der Waals surface area contributed by atoms with E-state index < -0.39 is 64.3 Å². The van der Waals surface area contributed by atoms with Crippen molar-refractivity contribution in [1.82, 2.24) is 20.5 Å². The van der Waals surface area contributed by atoms with Gasteiger partial charge in [-0.1, -0.05) is 69.3 Å². The molecule has 19 heteroatoms. The lowest BCUT2D eigenvalue weighted by molar-refractivity contribution is -0.144. The summed E-state index contributed by atoms with van der Waals surface area (Å²) in [6.45, 7) is 11.4. The zero-order valence-electron chi connectivity index (χ0n) is 40.7. The average molecular weight is 1010 g/mol. The molecule has 2 aliphatic heterocycles. The quantitative estimate of drug-likeness (QED) is 0.0602. The number of urea groups is 1. The Morgan fingerprint density at radius 2 is 1.56 bits per heavy atom. The minimum atomic E-state index is -4.87. The Labute approximate surface area is 419 Å². The summed E-state index contributed by atoms with van der Waals surface area (Å²) in [6.07, 6.45) is -5.22. The number of thiazole rings is 1. The number of imide groups is 1. The maximum absolute atomic E-state index is 14.0. The highest BCUT2D eigenvalue weighted by molar-refractivity contribution is 7.13. The summed E-state index contributed by atoms with van der Waals surface area (Å²) in [5.74, 6) is -1.33.